The highest BCUT2D eigenvalue weighted by atomic mass is 16.5. The molecule has 0 saturated carbocycles. The van der Waals surface area contributed by atoms with E-state index < -0.39 is 0 Å². The number of nitrogens with zero attached hydrogens (tertiary/aromatic N) is 1. The van der Waals surface area contributed by atoms with Crippen molar-refractivity contribution >= 4 is 5.91 Å². The molecule has 0 aliphatic carbocycles. The fraction of sp³-hybridized carbons (Fsp3) is 0.250. The quantitative estimate of drug-likeness (QED) is 0.839. The molecule has 21 heavy (non-hydrogen) atoms. The van der Waals surface area contributed by atoms with E-state index in [4.69, 9.17) is 9.63 Å². The molecule has 0 fully saturated rings. The maximum atomic E-state index is 12.3. The van der Waals surface area contributed by atoms with Crippen LogP contribution in [0.15, 0.2) is 28.8 Å². The average Bonchev–Trinajstić information content (AvgIpc) is 2.89. The van der Waals surface area contributed by atoms with Crippen molar-refractivity contribution < 1.29 is 14.4 Å². The minimum atomic E-state index is -0.243. The maximum Gasteiger partial charge on any atom is 0.252 e. The van der Waals surface area contributed by atoms with Crippen LogP contribution in [0.1, 0.15) is 32.9 Å². The highest BCUT2D eigenvalue weighted by Gasteiger charge is 2.11. The highest BCUT2D eigenvalue weighted by Crippen LogP contribution is 2.11. The maximum absolute atomic E-state index is 12.3. The Morgan fingerprint density at radius 1 is 1.38 bits per heavy atom. The molecule has 2 rings (SSSR count). The number of aliphatic hydroxyl groups excluding tert-OH is 1. The fourth-order valence-electron chi connectivity index (χ4n) is 1.86. The van der Waals surface area contributed by atoms with Gasteiger partial charge in [0, 0.05) is 11.6 Å². The Morgan fingerprint density at radius 3 is 2.86 bits per heavy atom. The molecule has 5 heteroatoms. The minimum Gasteiger partial charge on any atom is -0.384 e. The van der Waals surface area contributed by atoms with Gasteiger partial charge in [0.1, 0.15) is 18.1 Å². The zero-order valence-corrected chi connectivity index (χ0v) is 11.9. The van der Waals surface area contributed by atoms with Crippen molar-refractivity contribution in [3.8, 4) is 11.8 Å². The molecule has 1 amide bonds. The number of rotatable bonds is 3. The first kappa shape index (κ1) is 14.8. The van der Waals surface area contributed by atoms with Crippen LogP contribution < -0.4 is 5.32 Å². The lowest BCUT2D eigenvalue weighted by atomic mass is 10.0. The second-order valence-corrected chi connectivity index (χ2v) is 4.62. The van der Waals surface area contributed by atoms with Gasteiger partial charge in [0.15, 0.2) is 0 Å². The van der Waals surface area contributed by atoms with Crippen molar-refractivity contribution in [2.75, 3.05) is 6.61 Å². The number of aromatic nitrogens is 1. The lowest BCUT2D eigenvalue weighted by Gasteiger charge is -2.06. The van der Waals surface area contributed by atoms with E-state index >= 15 is 0 Å². The van der Waals surface area contributed by atoms with Crippen LogP contribution in [0.5, 0.6) is 0 Å². The summed E-state index contributed by atoms with van der Waals surface area (Å²) in [7, 11) is 0. The molecule has 1 aromatic carbocycles. The average molecular weight is 284 g/mol. The fourth-order valence-corrected chi connectivity index (χ4v) is 1.86. The summed E-state index contributed by atoms with van der Waals surface area (Å²) in [5.74, 6) is 5.80. The molecule has 1 aromatic heterocycles. The smallest absolute Gasteiger partial charge is 0.252 e. The molecular weight excluding hydrogens is 268 g/mol. The monoisotopic (exact) mass is 284 g/mol. The van der Waals surface area contributed by atoms with Gasteiger partial charge in [0.2, 0.25) is 0 Å². The van der Waals surface area contributed by atoms with Crippen LogP contribution in [0.25, 0.3) is 0 Å². The summed E-state index contributed by atoms with van der Waals surface area (Å²) in [6.45, 7) is 3.74. The highest BCUT2D eigenvalue weighted by molar-refractivity contribution is 5.96. The number of hydrogen-bond donors (Lipinski definition) is 2. The Balaban J connectivity index is 2.15. The van der Waals surface area contributed by atoms with Gasteiger partial charge in [-0.05, 0) is 26.0 Å². The number of hydrogen-bond acceptors (Lipinski definition) is 4. The lowest BCUT2D eigenvalue weighted by molar-refractivity contribution is 0.0949. The second kappa shape index (κ2) is 6.73. The van der Waals surface area contributed by atoms with Gasteiger partial charge >= 0.3 is 0 Å². The van der Waals surface area contributed by atoms with Crippen LogP contribution in [0.2, 0.25) is 0 Å². The molecular formula is C16H16N2O3. The van der Waals surface area contributed by atoms with Crippen LogP contribution >= 0.6 is 0 Å². The topological polar surface area (TPSA) is 75.4 Å². The zero-order chi connectivity index (χ0) is 15.2. The summed E-state index contributed by atoms with van der Waals surface area (Å²) in [6, 6.07) is 7.18. The first-order valence-electron chi connectivity index (χ1n) is 6.51. The van der Waals surface area contributed by atoms with E-state index in [1.807, 2.05) is 13.0 Å². The van der Waals surface area contributed by atoms with E-state index in [0.717, 1.165) is 5.56 Å². The Kier molecular flexibility index (Phi) is 4.75. The van der Waals surface area contributed by atoms with Gasteiger partial charge in [0.25, 0.3) is 5.91 Å². The van der Waals surface area contributed by atoms with E-state index in [0.29, 0.717) is 22.6 Å². The van der Waals surface area contributed by atoms with Crippen molar-refractivity contribution in [1.82, 2.24) is 10.5 Å². The predicted octanol–water partition coefficient (Wildman–Crippen LogP) is 1.57. The van der Waals surface area contributed by atoms with Gasteiger partial charge < -0.3 is 14.9 Å². The van der Waals surface area contributed by atoms with Gasteiger partial charge in [-0.15, -0.1) is 0 Å². The minimum absolute atomic E-state index is 0.235. The summed E-state index contributed by atoms with van der Waals surface area (Å²) in [5.41, 5.74) is 2.70. The molecule has 0 bridgehead atoms. The van der Waals surface area contributed by atoms with E-state index in [-0.39, 0.29) is 19.1 Å². The lowest BCUT2D eigenvalue weighted by Crippen LogP contribution is -2.24. The number of carbonyl (C=O) groups excluding carboxylic acids is 1. The first-order chi connectivity index (χ1) is 10.1. The van der Waals surface area contributed by atoms with E-state index in [1.54, 1.807) is 25.1 Å². The number of benzene rings is 1. The second-order valence-electron chi connectivity index (χ2n) is 4.62. The molecule has 0 spiro atoms. The van der Waals surface area contributed by atoms with Crippen molar-refractivity contribution in [2.45, 2.75) is 20.4 Å². The molecule has 0 atom stereocenters. The molecule has 0 unspecified atom stereocenters. The third-order valence-electron chi connectivity index (χ3n) is 2.83. The molecule has 2 N–H and O–H groups in total. The Morgan fingerprint density at radius 2 is 2.19 bits per heavy atom. The zero-order valence-electron chi connectivity index (χ0n) is 11.9. The standard InChI is InChI=1S/C16H16N2O3/c1-11-5-6-13(4-3-7-19)15(8-11)16(20)17-10-14-9-12(2)21-18-14/h5-6,8-9,19H,7,10H2,1-2H3,(H,17,20). The molecule has 0 aliphatic rings. The van der Waals surface area contributed by atoms with Crippen LogP contribution in [-0.2, 0) is 6.54 Å². The van der Waals surface area contributed by atoms with Gasteiger partial charge in [-0.1, -0.05) is 28.6 Å². The number of aliphatic hydroxyl groups is 1. The van der Waals surface area contributed by atoms with Gasteiger partial charge in [-0.2, -0.15) is 0 Å². The van der Waals surface area contributed by atoms with Crippen LogP contribution in [0.4, 0.5) is 0 Å². The molecule has 2 aromatic rings. The van der Waals surface area contributed by atoms with Gasteiger partial charge in [-0.25, -0.2) is 0 Å². The summed E-state index contributed by atoms with van der Waals surface area (Å²) in [5, 5.41) is 15.4. The van der Waals surface area contributed by atoms with Gasteiger partial charge in [-0.3, -0.25) is 4.79 Å². The number of amides is 1. The molecule has 0 radical (unpaired) electrons. The van der Waals surface area contributed by atoms with E-state index in [9.17, 15) is 4.79 Å². The number of carbonyl (C=O) groups is 1. The third kappa shape index (κ3) is 3.94. The van der Waals surface area contributed by atoms with Crippen molar-refractivity contribution in [2.24, 2.45) is 0 Å². The van der Waals surface area contributed by atoms with Crippen LogP contribution in [0, 0.1) is 25.7 Å². The molecule has 1 heterocycles. The molecule has 0 saturated heterocycles. The van der Waals surface area contributed by atoms with Crippen molar-refractivity contribution in [3.05, 3.63) is 52.4 Å². The van der Waals surface area contributed by atoms with Gasteiger partial charge in [0.05, 0.1) is 12.1 Å². The normalized spacial score (nSPS) is 9.86. The van der Waals surface area contributed by atoms with Crippen LogP contribution in [-0.4, -0.2) is 22.8 Å². The Bertz CT molecular complexity index is 708. The Hall–Kier alpha value is -2.58. The molecule has 108 valence electrons. The number of nitrogens with one attached hydrogen (secondary N) is 1. The summed E-state index contributed by atoms with van der Waals surface area (Å²) in [4.78, 5) is 12.3. The largest absolute Gasteiger partial charge is 0.384 e. The van der Waals surface area contributed by atoms with E-state index in [2.05, 4.69) is 22.3 Å². The van der Waals surface area contributed by atoms with Crippen LogP contribution in [0.3, 0.4) is 0 Å². The van der Waals surface area contributed by atoms with Crippen molar-refractivity contribution in [1.29, 1.82) is 0 Å². The first-order valence-corrected chi connectivity index (χ1v) is 6.51. The number of aryl methyl sites for hydroxylation is 2. The third-order valence-corrected chi connectivity index (χ3v) is 2.83. The van der Waals surface area contributed by atoms with Crippen molar-refractivity contribution in [3.63, 3.8) is 0 Å². The predicted molar refractivity (Wildman–Crippen MR) is 77.6 cm³/mol. The summed E-state index contributed by atoms with van der Waals surface area (Å²) < 4.78 is 4.95. The Labute approximate surface area is 123 Å². The van der Waals surface area contributed by atoms with E-state index in [1.165, 1.54) is 0 Å². The molecule has 0 aliphatic heterocycles. The summed E-state index contributed by atoms with van der Waals surface area (Å²) in [6.07, 6.45) is 0. The molecule has 5 nitrogen and oxygen atoms in total. The summed E-state index contributed by atoms with van der Waals surface area (Å²) >= 11 is 0. The SMILES string of the molecule is Cc1ccc(C#CCO)c(C(=O)NCc2cc(C)on2)c1.